The first-order valence-corrected chi connectivity index (χ1v) is 12.3. The van der Waals surface area contributed by atoms with Gasteiger partial charge in [-0.05, 0) is 67.0 Å². The van der Waals surface area contributed by atoms with E-state index >= 15 is 0 Å². The molecule has 2 heterocycles. The second kappa shape index (κ2) is 10.2. The second-order valence-electron chi connectivity index (χ2n) is 9.13. The fraction of sp³-hybridized carbons (Fsp3) is 0.333. The van der Waals surface area contributed by atoms with Gasteiger partial charge in [0.15, 0.2) is 0 Å². The lowest BCUT2D eigenvalue weighted by atomic mass is 9.88. The molecule has 3 aromatic rings. The van der Waals surface area contributed by atoms with E-state index in [2.05, 4.69) is 94.7 Å². The number of aryl methyl sites for hydroxylation is 1. The summed E-state index contributed by atoms with van der Waals surface area (Å²) < 4.78 is 0. The molecular formula is C30H34N2. The molecule has 0 spiro atoms. The molecule has 5 rings (SSSR count). The molecule has 0 saturated carbocycles. The van der Waals surface area contributed by atoms with Crippen LogP contribution in [0.15, 0.2) is 90.5 Å². The standard InChI is InChI=1S/C30H34N2/c1-3-12-26(13-4-1)30(27-14-5-2-6-15-27)28-18-23-31(24-19-28)20-10-22-32-21-9-16-25-11-7-8-17-29(25)32/h1-8,11-15,17H,9-10,16,18-24H2. The van der Waals surface area contributed by atoms with Crippen molar-refractivity contribution in [2.45, 2.75) is 32.1 Å². The van der Waals surface area contributed by atoms with Crippen molar-refractivity contribution in [3.8, 4) is 0 Å². The van der Waals surface area contributed by atoms with Crippen LogP contribution in [0.25, 0.3) is 5.57 Å². The molecule has 0 aromatic heterocycles. The first-order valence-electron chi connectivity index (χ1n) is 12.3. The Balaban J connectivity index is 1.21. The zero-order chi connectivity index (χ0) is 21.6. The van der Waals surface area contributed by atoms with E-state index in [1.807, 2.05) is 0 Å². The zero-order valence-electron chi connectivity index (χ0n) is 19.0. The minimum atomic E-state index is 1.17. The summed E-state index contributed by atoms with van der Waals surface area (Å²) >= 11 is 0. The first-order chi connectivity index (χ1) is 15.9. The molecule has 0 aliphatic carbocycles. The largest absolute Gasteiger partial charge is 0.371 e. The summed E-state index contributed by atoms with van der Waals surface area (Å²) in [5.41, 5.74) is 8.77. The van der Waals surface area contributed by atoms with Gasteiger partial charge >= 0.3 is 0 Å². The molecule has 32 heavy (non-hydrogen) atoms. The third-order valence-corrected chi connectivity index (χ3v) is 7.05. The number of piperidine rings is 1. The number of nitrogens with zero attached hydrogens (tertiary/aromatic N) is 2. The molecule has 2 nitrogen and oxygen atoms in total. The van der Waals surface area contributed by atoms with Crippen LogP contribution in [0.4, 0.5) is 5.69 Å². The lowest BCUT2D eigenvalue weighted by Gasteiger charge is -2.33. The van der Waals surface area contributed by atoms with Crippen molar-refractivity contribution >= 4 is 11.3 Å². The van der Waals surface area contributed by atoms with Gasteiger partial charge in [0.25, 0.3) is 0 Å². The maximum absolute atomic E-state index is 2.67. The molecule has 3 aromatic carbocycles. The highest BCUT2D eigenvalue weighted by molar-refractivity contribution is 5.82. The first kappa shape index (κ1) is 21.0. The average Bonchev–Trinajstić information content (AvgIpc) is 2.87. The van der Waals surface area contributed by atoms with Gasteiger partial charge in [0.05, 0.1) is 0 Å². The van der Waals surface area contributed by atoms with E-state index in [1.165, 1.54) is 92.8 Å². The summed E-state index contributed by atoms with van der Waals surface area (Å²) in [5.74, 6) is 0. The molecule has 2 heteroatoms. The molecular weight excluding hydrogens is 388 g/mol. The van der Waals surface area contributed by atoms with Crippen molar-refractivity contribution < 1.29 is 0 Å². The quantitative estimate of drug-likeness (QED) is 0.452. The van der Waals surface area contributed by atoms with Crippen LogP contribution < -0.4 is 4.90 Å². The lowest BCUT2D eigenvalue weighted by Crippen LogP contribution is -2.35. The number of rotatable bonds is 6. The van der Waals surface area contributed by atoms with Gasteiger partial charge in [0.2, 0.25) is 0 Å². The fourth-order valence-electron chi connectivity index (χ4n) is 5.41. The van der Waals surface area contributed by atoms with Gasteiger partial charge in [-0.25, -0.2) is 0 Å². The molecule has 0 N–H and O–H groups in total. The van der Waals surface area contributed by atoms with Gasteiger partial charge in [-0.3, -0.25) is 0 Å². The van der Waals surface area contributed by atoms with Gasteiger partial charge < -0.3 is 9.80 Å². The number of para-hydroxylation sites is 1. The Morgan fingerprint density at radius 3 is 1.94 bits per heavy atom. The van der Waals surface area contributed by atoms with Gasteiger partial charge in [-0.1, -0.05) is 84.4 Å². The molecule has 0 amide bonds. The molecule has 0 atom stereocenters. The minimum absolute atomic E-state index is 1.17. The van der Waals surface area contributed by atoms with Crippen LogP contribution in [-0.2, 0) is 6.42 Å². The van der Waals surface area contributed by atoms with Crippen LogP contribution in [0.3, 0.4) is 0 Å². The van der Waals surface area contributed by atoms with Crippen LogP contribution in [-0.4, -0.2) is 37.6 Å². The molecule has 164 valence electrons. The van der Waals surface area contributed by atoms with Crippen molar-refractivity contribution in [2.24, 2.45) is 0 Å². The minimum Gasteiger partial charge on any atom is -0.371 e. The van der Waals surface area contributed by atoms with Crippen molar-refractivity contribution in [3.05, 3.63) is 107 Å². The van der Waals surface area contributed by atoms with Crippen molar-refractivity contribution in [1.29, 1.82) is 0 Å². The monoisotopic (exact) mass is 422 g/mol. The SMILES string of the molecule is c1ccc(C(=C2CCN(CCCN3CCCc4ccccc43)CC2)c2ccccc2)cc1. The number of anilines is 1. The maximum Gasteiger partial charge on any atom is 0.0398 e. The molecule has 0 bridgehead atoms. The molecule has 2 aliphatic rings. The summed E-state index contributed by atoms with van der Waals surface area (Å²) in [7, 11) is 0. The van der Waals surface area contributed by atoms with Crippen LogP contribution in [0, 0.1) is 0 Å². The van der Waals surface area contributed by atoms with Gasteiger partial charge in [-0.15, -0.1) is 0 Å². The molecule has 1 saturated heterocycles. The second-order valence-corrected chi connectivity index (χ2v) is 9.13. The average molecular weight is 423 g/mol. The summed E-state index contributed by atoms with van der Waals surface area (Å²) in [4.78, 5) is 5.28. The summed E-state index contributed by atoms with van der Waals surface area (Å²) in [5, 5.41) is 0. The van der Waals surface area contributed by atoms with Crippen LogP contribution >= 0.6 is 0 Å². The predicted octanol–water partition coefficient (Wildman–Crippen LogP) is 6.43. The zero-order valence-corrected chi connectivity index (χ0v) is 19.0. The summed E-state index contributed by atoms with van der Waals surface area (Å²) in [6, 6.07) is 30.9. The fourth-order valence-corrected chi connectivity index (χ4v) is 5.41. The predicted molar refractivity (Wildman–Crippen MR) is 136 cm³/mol. The van der Waals surface area contributed by atoms with Crippen LogP contribution in [0.1, 0.15) is 42.4 Å². The Bertz CT molecular complexity index is 987. The van der Waals surface area contributed by atoms with E-state index in [-0.39, 0.29) is 0 Å². The molecule has 0 unspecified atom stereocenters. The highest BCUT2D eigenvalue weighted by atomic mass is 15.2. The van der Waals surface area contributed by atoms with Crippen LogP contribution in [0.5, 0.6) is 0 Å². The van der Waals surface area contributed by atoms with E-state index in [1.54, 1.807) is 5.57 Å². The Morgan fingerprint density at radius 1 is 0.625 bits per heavy atom. The normalized spacial score (nSPS) is 16.6. The third-order valence-electron chi connectivity index (χ3n) is 7.05. The third kappa shape index (κ3) is 4.81. The van der Waals surface area contributed by atoms with Gasteiger partial charge in [0, 0.05) is 31.9 Å². The summed E-state index contributed by atoms with van der Waals surface area (Å²) in [6.45, 7) is 5.94. The molecule has 2 aliphatic heterocycles. The molecule has 1 fully saturated rings. The van der Waals surface area contributed by atoms with Crippen molar-refractivity contribution in [3.63, 3.8) is 0 Å². The number of hydrogen-bond donors (Lipinski definition) is 0. The van der Waals surface area contributed by atoms with Gasteiger partial charge in [0.1, 0.15) is 0 Å². The highest BCUT2D eigenvalue weighted by Crippen LogP contribution is 2.32. The maximum atomic E-state index is 2.67. The summed E-state index contributed by atoms with van der Waals surface area (Å²) in [6.07, 6.45) is 6.12. The number of fused-ring (bicyclic) bond motifs is 1. The Hall–Kier alpha value is -2.84. The van der Waals surface area contributed by atoms with E-state index in [0.717, 1.165) is 0 Å². The van der Waals surface area contributed by atoms with Crippen LogP contribution in [0.2, 0.25) is 0 Å². The van der Waals surface area contributed by atoms with E-state index in [9.17, 15) is 0 Å². The Labute approximate surface area is 193 Å². The number of likely N-dealkylation sites (tertiary alicyclic amines) is 1. The highest BCUT2D eigenvalue weighted by Gasteiger charge is 2.20. The Morgan fingerprint density at radius 2 is 1.25 bits per heavy atom. The Kier molecular flexibility index (Phi) is 6.69. The lowest BCUT2D eigenvalue weighted by molar-refractivity contribution is 0.254. The molecule has 0 radical (unpaired) electrons. The van der Waals surface area contributed by atoms with Crippen molar-refractivity contribution in [2.75, 3.05) is 37.6 Å². The van der Waals surface area contributed by atoms with E-state index < -0.39 is 0 Å². The smallest absolute Gasteiger partial charge is 0.0398 e. The topological polar surface area (TPSA) is 6.48 Å². The van der Waals surface area contributed by atoms with E-state index in [4.69, 9.17) is 0 Å². The van der Waals surface area contributed by atoms with Gasteiger partial charge in [-0.2, -0.15) is 0 Å². The van der Waals surface area contributed by atoms with E-state index in [0.29, 0.717) is 0 Å². The number of benzene rings is 3. The van der Waals surface area contributed by atoms with Crippen molar-refractivity contribution in [1.82, 2.24) is 4.90 Å². The number of hydrogen-bond acceptors (Lipinski definition) is 2.